The third kappa shape index (κ3) is 60.2. The maximum Gasteiger partial charge on any atom is 0.314 e. The summed E-state index contributed by atoms with van der Waals surface area (Å²) in [7, 11) is 4.77. The Morgan fingerprint density at radius 3 is 1.50 bits per heavy atom. The number of esters is 2. The van der Waals surface area contributed by atoms with Crippen molar-refractivity contribution in [2.75, 3.05) is 67.5 Å². The molecule has 40 heavy (non-hydrogen) atoms. The van der Waals surface area contributed by atoms with Gasteiger partial charge in [-0.05, 0) is 32.9 Å². The van der Waals surface area contributed by atoms with Crippen LogP contribution in [-0.2, 0) is 47.7 Å². The largest absolute Gasteiger partial charge is 0.481 e. The van der Waals surface area contributed by atoms with Crippen molar-refractivity contribution in [3.05, 3.63) is 0 Å². The molecule has 0 aromatic rings. The minimum absolute atomic E-state index is 0. The van der Waals surface area contributed by atoms with Gasteiger partial charge in [0.25, 0.3) is 5.97 Å². The zero-order chi connectivity index (χ0) is 30.0. The molecule has 0 aromatic carbocycles. The quantitative estimate of drug-likeness (QED) is 0.108. The lowest BCUT2D eigenvalue weighted by Gasteiger charge is -2.03. The van der Waals surface area contributed by atoms with Crippen molar-refractivity contribution in [2.24, 2.45) is 11.5 Å². The molecule has 1 aliphatic rings. The molecule has 1 saturated heterocycles. The van der Waals surface area contributed by atoms with Crippen LogP contribution in [0.4, 0.5) is 0 Å². The highest BCUT2D eigenvalue weighted by Crippen LogP contribution is 2.04. The molecule has 14 heteroatoms. The first kappa shape index (κ1) is 50.4. The van der Waals surface area contributed by atoms with Gasteiger partial charge in [-0.3, -0.25) is 24.0 Å². The predicted octanol–water partition coefficient (Wildman–Crippen LogP) is 2.04. The van der Waals surface area contributed by atoms with Crippen LogP contribution in [0.3, 0.4) is 0 Å². The smallest absolute Gasteiger partial charge is 0.314 e. The first-order chi connectivity index (χ1) is 18.1. The zero-order valence-electron chi connectivity index (χ0n) is 23.2. The number of carboxylic acids is 2. The molecule has 0 unspecified atom stereocenters. The van der Waals surface area contributed by atoms with Gasteiger partial charge in [0.2, 0.25) is 0 Å². The molecule has 0 aliphatic carbocycles. The number of methoxy groups -OCH3 is 2. The molecule has 0 aromatic heterocycles. The van der Waals surface area contributed by atoms with Gasteiger partial charge in [0.1, 0.15) is 5.78 Å². The van der Waals surface area contributed by atoms with Crippen molar-refractivity contribution in [1.82, 2.24) is 0 Å². The Kier molecular flexibility index (Phi) is 54.8. The van der Waals surface area contributed by atoms with Gasteiger partial charge in [-0.25, -0.2) is 0 Å². The van der Waals surface area contributed by atoms with Crippen LogP contribution in [0.1, 0.15) is 73.1 Å². The number of cyclic esters (lactones) is 2. The Balaban J connectivity index is -0.000000102. The molecule has 0 atom stereocenters. The number of rotatable bonds is 17. The third-order valence-electron chi connectivity index (χ3n) is 3.73. The van der Waals surface area contributed by atoms with E-state index in [-0.39, 0.29) is 46.3 Å². The number of carbonyl (C=O) groups excluding carboxylic acids is 3. The van der Waals surface area contributed by atoms with Gasteiger partial charge in [-0.2, -0.15) is 0 Å². The van der Waals surface area contributed by atoms with Gasteiger partial charge >= 0.3 is 17.9 Å². The number of Topliss-reactive ketones (excluding diaryl/α,β-unsaturated/α-hetero) is 1. The van der Waals surface area contributed by atoms with Crippen molar-refractivity contribution < 1.29 is 57.9 Å². The van der Waals surface area contributed by atoms with E-state index in [1.54, 1.807) is 14.2 Å². The van der Waals surface area contributed by atoms with Crippen molar-refractivity contribution in [3.63, 3.8) is 0 Å². The minimum Gasteiger partial charge on any atom is -0.481 e. The monoisotopic (exact) mass is 588 g/mol. The van der Waals surface area contributed by atoms with Crippen LogP contribution < -0.4 is 11.5 Å². The van der Waals surface area contributed by atoms with E-state index < -0.39 is 23.9 Å². The van der Waals surface area contributed by atoms with E-state index >= 15 is 0 Å². The summed E-state index contributed by atoms with van der Waals surface area (Å²) in [6, 6.07) is 0. The summed E-state index contributed by atoms with van der Waals surface area (Å²) in [5.74, 6) is -2.54. The number of nitrogens with two attached hydrogens (primary N) is 2. The summed E-state index contributed by atoms with van der Waals surface area (Å²) in [6.07, 6.45) is 3.55. The lowest BCUT2D eigenvalue weighted by molar-refractivity contribution is -0.152. The lowest BCUT2D eigenvalue weighted by Crippen LogP contribution is -2.07. The topological polar surface area (TPSA) is 224 Å². The van der Waals surface area contributed by atoms with Crippen LogP contribution in [0.25, 0.3) is 0 Å². The standard InChI is InChI=1S/C11H20O5.C6H15NO2.C4H4O3.C2H4O2.CH5N.2CH4/c1-15-8-9-16-7-3-2-4-10(12)5-6-11(13)14;1-8-5-6-9-4-2-3-7;5-3-1-2-4(6)7-3;1-2(3)4;1-2;;/h2-9H2,1H3,(H,13,14);2-7H2,1H3;1-2H2;1H3,(H,3,4);2H2,1H3;2*1H4. The second-order valence-electron chi connectivity index (χ2n) is 7.11. The number of ketones is 1. The van der Waals surface area contributed by atoms with Gasteiger partial charge < -0.3 is 45.4 Å². The lowest BCUT2D eigenvalue weighted by atomic mass is 10.1. The van der Waals surface area contributed by atoms with E-state index in [4.69, 9.17) is 39.7 Å². The molecular formula is C26H56N2O12. The molecule has 0 saturated carbocycles. The summed E-state index contributed by atoms with van der Waals surface area (Å²) in [6.45, 7) is 5.66. The van der Waals surface area contributed by atoms with E-state index in [2.05, 4.69) is 10.5 Å². The fourth-order valence-electron chi connectivity index (χ4n) is 2.00. The molecule has 14 nitrogen and oxygen atoms in total. The van der Waals surface area contributed by atoms with Crippen LogP contribution in [0, 0.1) is 0 Å². The Morgan fingerprint density at radius 1 is 0.750 bits per heavy atom. The molecule has 0 radical (unpaired) electrons. The number of ether oxygens (including phenoxy) is 5. The maximum absolute atomic E-state index is 11.2. The Hall–Kier alpha value is -2.49. The Labute approximate surface area is 240 Å². The van der Waals surface area contributed by atoms with Gasteiger partial charge in [-0.15, -0.1) is 0 Å². The van der Waals surface area contributed by atoms with Crippen LogP contribution in [0.5, 0.6) is 0 Å². The predicted molar refractivity (Wildman–Crippen MR) is 152 cm³/mol. The van der Waals surface area contributed by atoms with Crippen molar-refractivity contribution in [1.29, 1.82) is 0 Å². The first-order valence-electron chi connectivity index (χ1n) is 12.2. The van der Waals surface area contributed by atoms with Gasteiger partial charge in [0.05, 0.1) is 45.7 Å². The average Bonchev–Trinajstić information content (AvgIpc) is 3.26. The zero-order valence-corrected chi connectivity index (χ0v) is 23.2. The molecule has 242 valence electrons. The van der Waals surface area contributed by atoms with Crippen LogP contribution >= 0.6 is 0 Å². The highest BCUT2D eigenvalue weighted by Gasteiger charge is 2.19. The Morgan fingerprint density at radius 2 is 1.18 bits per heavy atom. The van der Waals surface area contributed by atoms with E-state index in [9.17, 15) is 19.2 Å². The van der Waals surface area contributed by atoms with Crippen LogP contribution in [0.2, 0.25) is 0 Å². The van der Waals surface area contributed by atoms with Crippen LogP contribution in [0.15, 0.2) is 0 Å². The fourth-order valence-corrected chi connectivity index (χ4v) is 2.00. The van der Waals surface area contributed by atoms with Crippen molar-refractivity contribution >= 4 is 29.7 Å². The molecule has 1 fully saturated rings. The number of hydrogen-bond donors (Lipinski definition) is 4. The maximum atomic E-state index is 11.2. The second-order valence-corrected chi connectivity index (χ2v) is 7.11. The Bertz CT molecular complexity index is 566. The van der Waals surface area contributed by atoms with E-state index in [0.717, 1.165) is 32.8 Å². The highest BCUT2D eigenvalue weighted by atomic mass is 16.6. The summed E-state index contributed by atoms with van der Waals surface area (Å²) in [4.78, 5) is 50.4. The number of aliphatic carboxylic acids is 2. The summed E-state index contributed by atoms with van der Waals surface area (Å²) in [5.41, 5.74) is 9.73. The minimum atomic E-state index is -0.920. The summed E-state index contributed by atoms with van der Waals surface area (Å²) in [5, 5.41) is 15.8. The highest BCUT2D eigenvalue weighted by molar-refractivity contribution is 5.92. The number of carboxylic acid groups (broad SMARTS) is 2. The van der Waals surface area contributed by atoms with E-state index in [1.807, 2.05) is 0 Å². The van der Waals surface area contributed by atoms with Gasteiger partial charge in [-0.1, -0.05) is 14.9 Å². The number of hydrogen-bond acceptors (Lipinski definition) is 12. The first-order valence-corrected chi connectivity index (χ1v) is 12.2. The molecular weight excluding hydrogens is 532 g/mol. The third-order valence-corrected chi connectivity index (χ3v) is 3.73. The van der Waals surface area contributed by atoms with Gasteiger partial charge in [0.15, 0.2) is 0 Å². The molecule has 1 aliphatic heterocycles. The molecule has 0 bridgehead atoms. The summed E-state index contributed by atoms with van der Waals surface area (Å²) < 4.78 is 24.0. The van der Waals surface area contributed by atoms with Gasteiger partial charge in [0, 0.05) is 47.2 Å². The SMILES string of the molecule is C.C.CC(=O)O.CN.COCCOCCCCC(=O)CCC(=O)O.COCCOCCCN.O=C1CCC(=O)O1. The van der Waals surface area contributed by atoms with E-state index in [0.29, 0.717) is 46.0 Å². The summed E-state index contributed by atoms with van der Waals surface area (Å²) >= 11 is 0. The van der Waals surface area contributed by atoms with Crippen molar-refractivity contribution in [2.45, 2.75) is 73.1 Å². The van der Waals surface area contributed by atoms with E-state index in [1.165, 1.54) is 7.05 Å². The molecule has 1 heterocycles. The second kappa shape index (κ2) is 43.6. The average molecular weight is 589 g/mol. The molecule has 0 spiro atoms. The number of carbonyl (C=O) groups is 5. The molecule has 6 N–H and O–H groups in total. The van der Waals surface area contributed by atoms with Crippen LogP contribution in [-0.4, -0.2) is 107 Å². The number of unbranched alkanes of at least 4 members (excludes halogenated alkanes) is 1. The fraction of sp³-hybridized carbons (Fsp3) is 0.808. The molecule has 1 rings (SSSR count). The molecule has 0 amide bonds. The normalized spacial score (nSPS) is 10.7. The van der Waals surface area contributed by atoms with Crippen molar-refractivity contribution in [3.8, 4) is 0 Å².